The Bertz CT molecular complexity index is 940. The van der Waals surface area contributed by atoms with Gasteiger partial charge in [-0.2, -0.15) is 5.26 Å². The Kier molecular flexibility index (Phi) is 5.05. The molecule has 1 amide bonds. The second kappa shape index (κ2) is 7.26. The van der Waals surface area contributed by atoms with E-state index in [0.717, 1.165) is 12.1 Å². The van der Waals surface area contributed by atoms with Crippen LogP contribution in [0.1, 0.15) is 28.8 Å². The number of benzene rings is 2. The van der Waals surface area contributed by atoms with Gasteiger partial charge in [0.25, 0.3) is 5.91 Å². The van der Waals surface area contributed by atoms with Crippen LogP contribution < -0.4 is 0 Å². The molecule has 1 saturated heterocycles. The minimum Gasteiger partial charge on any atom is -0.339 e. The Labute approximate surface area is 151 Å². The van der Waals surface area contributed by atoms with Gasteiger partial charge in [0, 0.05) is 18.7 Å². The van der Waals surface area contributed by atoms with Gasteiger partial charge in [0.1, 0.15) is 5.82 Å². The van der Waals surface area contributed by atoms with E-state index in [2.05, 4.69) is 0 Å². The number of piperidine rings is 1. The lowest BCUT2D eigenvalue weighted by atomic mass is 10.1. The maximum absolute atomic E-state index is 13.0. The van der Waals surface area contributed by atoms with Crippen LogP contribution in [0.2, 0.25) is 0 Å². The molecule has 0 aliphatic carbocycles. The van der Waals surface area contributed by atoms with Crippen molar-refractivity contribution in [2.75, 3.05) is 13.1 Å². The zero-order valence-corrected chi connectivity index (χ0v) is 14.7. The monoisotopic (exact) mass is 372 g/mol. The third-order valence-electron chi connectivity index (χ3n) is 4.57. The van der Waals surface area contributed by atoms with Crippen LogP contribution in [0, 0.1) is 17.1 Å². The summed E-state index contributed by atoms with van der Waals surface area (Å²) in [5.41, 5.74) is 0.953. The van der Waals surface area contributed by atoms with Crippen molar-refractivity contribution in [1.82, 2.24) is 4.90 Å². The lowest BCUT2D eigenvalue weighted by molar-refractivity contribution is 0.0725. The van der Waals surface area contributed by atoms with Gasteiger partial charge < -0.3 is 4.90 Å². The van der Waals surface area contributed by atoms with E-state index in [1.807, 2.05) is 6.07 Å². The molecule has 1 fully saturated rings. The zero-order valence-electron chi connectivity index (χ0n) is 13.9. The molecule has 0 aromatic heterocycles. The Hall–Kier alpha value is -2.72. The van der Waals surface area contributed by atoms with Gasteiger partial charge in [0.05, 0.1) is 21.8 Å². The quantitative estimate of drug-likeness (QED) is 0.776. The van der Waals surface area contributed by atoms with Gasteiger partial charge in [0.15, 0.2) is 9.84 Å². The van der Waals surface area contributed by atoms with E-state index >= 15 is 0 Å². The van der Waals surface area contributed by atoms with Gasteiger partial charge in [-0.3, -0.25) is 4.79 Å². The van der Waals surface area contributed by atoms with Crippen LogP contribution in [-0.2, 0) is 9.84 Å². The van der Waals surface area contributed by atoms with Crippen LogP contribution >= 0.6 is 0 Å². The molecule has 0 atom stereocenters. The number of amides is 1. The van der Waals surface area contributed by atoms with Gasteiger partial charge in [-0.15, -0.1) is 0 Å². The normalized spacial score (nSPS) is 15.5. The van der Waals surface area contributed by atoms with Crippen LogP contribution in [0.5, 0.6) is 0 Å². The third kappa shape index (κ3) is 3.60. The molecular weight excluding hydrogens is 355 g/mol. The molecule has 2 aromatic carbocycles. The average Bonchev–Trinajstić information content (AvgIpc) is 2.68. The zero-order chi connectivity index (χ0) is 18.7. The SMILES string of the molecule is N#Cc1ccc(C(=O)N2CCC(S(=O)(=O)c3ccc(F)cc3)CC2)cc1. The molecule has 1 aliphatic heterocycles. The number of carbonyl (C=O) groups is 1. The van der Waals surface area contributed by atoms with Crippen LogP contribution in [0.25, 0.3) is 0 Å². The first-order chi connectivity index (χ1) is 12.4. The summed E-state index contributed by atoms with van der Waals surface area (Å²) >= 11 is 0. The largest absolute Gasteiger partial charge is 0.339 e. The summed E-state index contributed by atoms with van der Waals surface area (Å²) in [4.78, 5) is 14.2. The van der Waals surface area contributed by atoms with Crippen LogP contribution in [-0.4, -0.2) is 37.6 Å². The molecule has 0 spiro atoms. The minimum absolute atomic E-state index is 0.107. The van der Waals surface area contributed by atoms with Crippen LogP contribution in [0.4, 0.5) is 4.39 Å². The summed E-state index contributed by atoms with van der Waals surface area (Å²) in [7, 11) is -3.54. The van der Waals surface area contributed by atoms with Crippen molar-refractivity contribution in [1.29, 1.82) is 5.26 Å². The molecule has 1 aliphatic rings. The van der Waals surface area contributed by atoms with Crippen molar-refractivity contribution < 1.29 is 17.6 Å². The molecule has 26 heavy (non-hydrogen) atoms. The molecule has 0 unspecified atom stereocenters. The smallest absolute Gasteiger partial charge is 0.253 e. The van der Waals surface area contributed by atoms with E-state index < -0.39 is 20.9 Å². The van der Waals surface area contributed by atoms with Gasteiger partial charge in [-0.25, -0.2) is 12.8 Å². The average molecular weight is 372 g/mol. The van der Waals surface area contributed by atoms with Gasteiger partial charge in [-0.1, -0.05) is 0 Å². The van der Waals surface area contributed by atoms with Gasteiger partial charge in [-0.05, 0) is 61.4 Å². The highest BCUT2D eigenvalue weighted by atomic mass is 32.2. The number of halogens is 1. The number of nitrogens with zero attached hydrogens (tertiary/aromatic N) is 2. The van der Waals surface area contributed by atoms with E-state index in [9.17, 15) is 17.6 Å². The van der Waals surface area contributed by atoms with E-state index in [-0.39, 0.29) is 10.8 Å². The summed E-state index contributed by atoms with van der Waals surface area (Å²) < 4.78 is 38.3. The first-order valence-electron chi connectivity index (χ1n) is 8.21. The fourth-order valence-electron chi connectivity index (χ4n) is 3.06. The summed E-state index contributed by atoms with van der Waals surface area (Å²) in [5, 5.41) is 8.22. The standard InChI is InChI=1S/C19H17FN2O3S/c20-16-5-7-17(8-6-16)26(24,25)18-9-11-22(12-10-18)19(23)15-3-1-14(13-21)2-4-15/h1-8,18H,9-12H2. The van der Waals surface area contributed by atoms with Crippen molar-refractivity contribution in [3.05, 3.63) is 65.5 Å². The third-order valence-corrected chi connectivity index (χ3v) is 6.85. The molecule has 0 bridgehead atoms. The molecule has 7 heteroatoms. The lowest BCUT2D eigenvalue weighted by Gasteiger charge is -2.31. The maximum atomic E-state index is 13.0. The van der Waals surface area contributed by atoms with Gasteiger partial charge in [0.2, 0.25) is 0 Å². The molecule has 5 nitrogen and oxygen atoms in total. The highest BCUT2D eigenvalue weighted by Crippen LogP contribution is 2.25. The van der Waals surface area contributed by atoms with Crippen LogP contribution in [0.15, 0.2) is 53.4 Å². The van der Waals surface area contributed by atoms with Crippen molar-refractivity contribution in [2.45, 2.75) is 23.0 Å². The summed E-state index contributed by atoms with van der Waals surface area (Å²) in [6, 6.07) is 13.2. The second-order valence-corrected chi connectivity index (χ2v) is 8.41. The molecule has 0 radical (unpaired) electrons. The summed E-state index contributed by atoms with van der Waals surface area (Å²) in [6.07, 6.45) is 0.670. The number of hydrogen-bond donors (Lipinski definition) is 0. The summed E-state index contributed by atoms with van der Waals surface area (Å²) in [6.45, 7) is 0.674. The van der Waals surface area contributed by atoms with E-state index in [0.29, 0.717) is 37.1 Å². The molecule has 0 N–H and O–H groups in total. The van der Waals surface area contributed by atoms with E-state index in [1.165, 1.54) is 12.1 Å². The molecular formula is C19H17FN2O3S. The van der Waals surface area contributed by atoms with Crippen LogP contribution in [0.3, 0.4) is 0 Å². The minimum atomic E-state index is -3.54. The van der Waals surface area contributed by atoms with Crippen molar-refractivity contribution >= 4 is 15.7 Å². The van der Waals surface area contributed by atoms with E-state index in [4.69, 9.17) is 5.26 Å². The van der Waals surface area contributed by atoms with Crippen molar-refractivity contribution in [3.8, 4) is 6.07 Å². The molecule has 2 aromatic rings. The maximum Gasteiger partial charge on any atom is 0.253 e. The number of nitriles is 1. The number of rotatable bonds is 3. The molecule has 1 heterocycles. The number of sulfone groups is 1. The highest BCUT2D eigenvalue weighted by Gasteiger charge is 2.32. The second-order valence-electron chi connectivity index (χ2n) is 6.18. The van der Waals surface area contributed by atoms with Crippen molar-refractivity contribution in [3.63, 3.8) is 0 Å². The first-order valence-corrected chi connectivity index (χ1v) is 9.75. The highest BCUT2D eigenvalue weighted by molar-refractivity contribution is 7.92. The number of carbonyl (C=O) groups excluding carboxylic acids is 1. The lowest BCUT2D eigenvalue weighted by Crippen LogP contribution is -2.42. The molecule has 3 rings (SSSR count). The molecule has 0 saturated carbocycles. The Balaban J connectivity index is 1.67. The first kappa shape index (κ1) is 18.1. The topological polar surface area (TPSA) is 78.2 Å². The predicted molar refractivity (Wildman–Crippen MR) is 93.7 cm³/mol. The summed E-state index contributed by atoms with van der Waals surface area (Å²) in [5.74, 6) is -0.654. The Morgan fingerprint density at radius 3 is 2.15 bits per heavy atom. The molecule has 134 valence electrons. The number of hydrogen-bond acceptors (Lipinski definition) is 4. The fraction of sp³-hybridized carbons (Fsp3) is 0.263. The Morgan fingerprint density at radius 1 is 1.04 bits per heavy atom. The number of likely N-dealkylation sites (tertiary alicyclic amines) is 1. The van der Waals surface area contributed by atoms with E-state index in [1.54, 1.807) is 29.2 Å². The van der Waals surface area contributed by atoms with Gasteiger partial charge >= 0.3 is 0 Å². The Morgan fingerprint density at radius 2 is 1.62 bits per heavy atom. The fourth-order valence-corrected chi connectivity index (χ4v) is 4.79. The predicted octanol–water partition coefficient (Wildman–Crippen LogP) is 2.78. The van der Waals surface area contributed by atoms with Crippen molar-refractivity contribution in [2.24, 2.45) is 0 Å².